The number of rotatable bonds is 6. The zero-order chi connectivity index (χ0) is 13.8. The van der Waals surface area contributed by atoms with E-state index in [1.54, 1.807) is 5.51 Å². The maximum absolute atomic E-state index is 11.3. The molecule has 1 heterocycles. The minimum Gasteiger partial charge on any atom is -0.317 e. The van der Waals surface area contributed by atoms with E-state index in [4.69, 9.17) is 0 Å². The summed E-state index contributed by atoms with van der Waals surface area (Å²) in [6.45, 7) is 2.11. The number of fused-ring (bicyclic) bond motifs is 1. The Bertz CT molecular complexity index is 582. The molecule has 0 saturated carbocycles. The number of likely N-dealkylation sites (N-methyl/N-ethyl adjacent to an activating group) is 1. The molecule has 0 aliphatic heterocycles. The van der Waals surface area contributed by atoms with Crippen LogP contribution in [-0.2, 0) is 6.42 Å². The third kappa shape index (κ3) is 2.90. The first-order valence-corrected chi connectivity index (χ1v) is 7.22. The number of thiazole rings is 1. The van der Waals surface area contributed by atoms with Crippen molar-refractivity contribution in [3.8, 4) is 0 Å². The first-order chi connectivity index (χ1) is 9.17. The van der Waals surface area contributed by atoms with Crippen LogP contribution in [-0.4, -0.2) is 23.0 Å². The molecule has 2 aromatic rings. The summed E-state index contributed by atoms with van der Waals surface area (Å²) in [4.78, 5) is 15.1. The highest BCUT2D eigenvalue weighted by Gasteiger charge is 2.22. The predicted octanol–water partition coefficient (Wildman–Crippen LogP) is 3.14. The molecule has 0 aliphatic carbocycles. The smallest absolute Gasteiger partial charge is 0.299 e. The molecule has 0 fully saturated rings. The van der Waals surface area contributed by atoms with E-state index in [2.05, 4.69) is 17.2 Å². The molecule has 1 aromatic carbocycles. The van der Waals surface area contributed by atoms with Crippen LogP contribution >= 0.6 is 11.3 Å². The van der Waals surface area contributed by atoms with Crippen LogP contribution in [0.1, 0.15) is 25.3 Å². The van der Waals surface area contributed by atoms with Crippen LogP contribution in [0.2, 0.25) is 0 Å². The minimum absolute atomic E-state index is 0.162. The van der Waals surface area contributed by atoms with Crippen molar-refractivity contribution in [3.05, 3.63) is 33.3 Å². The summed E-state index contributed by atoms with van der Waals surface area (Å²) in [5, 5.41) is 14.5. The summed E-state index contributed by atoms with van der Waals surface area (Å²) in [6, 6.07) is 4.05. The Morgan fingerprint density at radius 3 is 2.95 bits per heavy atom. The molecule has 0 bridgehead atoms. The molecule has 1 aromatic heterocycles. The molecule has 5 nitrogen and oxygen atoms in total. The molecule has 0 radical (unpaired) electrons. The van der Waals surface area contributed by atoms with Crippen molar-refractivity contribution in [3.63, 3.8) is 0 Å². The van der Waals surface area contributed by atoms with E-state index < -0.39 is 0 Å². The van der Waals surface area contributed by atoms with Gasteiger partial charge < -0.3 is 5.32 Å². The largest absolute Gasteiger partial charge is 0.317 e. The van der Waals surface area contributed by atoms with Crippen LogP contribution < -0.4 is 5.32 Å². The summed E-state index contributed by atoms with van der Waals surface area (Å²) >= 11 is 1.43. The number of hydrogen-bond acceptors (Lipinski definition) is 5. The number of benzene rings is 1. The second-order valence-corrected chi connectivity index (χ2v) is 5.39. The molecule has 1 N–H and O–H groups in total. The summed E-state index contributed by atoms with van der Waals surface area (Å²) in [7, 11) is 1.90. The van der Waals surface area contributed by atoms with E-state index in [1.807, 2.05) is 19.2 Å². The first-order valence-electron chi connectivity index (χ1n) is 6.34. The Morgan fingerprint density at radius 2 is 2.32 bits per heavy atom. The van der Waals surface area contributed by atoms with Gasteiger partial charge in [-0.2, -0.15) is 0 Å². The second-order valence-electron chi connectivity index (χ2n) is 4.51. The van der Waals surface area contributed by atoms with Gasteiger partial charge in [0.15, 0.2) is 5.52 Å². The van der Waals surface area contributed by atoms with Crippen molar-refractivity contribution in [2.45, 2.75) is 32.2 Å². The van der Waals surface area contributed by atoms with Crippen LogP contribution in [0.5, 0.6) is 0 Å². The fourth-order valence-electron chi connectivity index (χ4n) is 2.29. The van der Waals surface area contributed by atoms with Gasteiger partial charge in [-0.15, -0.1) is 11.3 Å². The first kappa shape index (κ1) is 13.9. The van der Waals surface area contributed by atoms with Gasteiger partial charge in [-0.1, -0.05) is 19.4 Å². The highest BCUT2D eigenvalue weighted by Crippen LogP contribution is 2.31. The summed E-state index contributed by atoms with van der Waals surface area (Å²) in [5.74, 6) is 0. The maximum Gasteiger partial charge on any atom is 0.299 e. The van der Waals surface area contributed by atoms with Gasteiger partial charge in [-0.3, -0.25) is 10.1 Å². The molecule has 1 atom stereocenters. The van der Waals surface area contributed by atoms with Crippen LogP contribution in [0.4, 0.5) is 5.69 Å². The zero-order valence-corrected chi connectivity index (χ0v) is 11.9. The van der Waals surface area contributed by atoms with Crippen molar-refractivity contribution in [2.75, 3.05) is 7.05 Å². The fourth-order valence-corrected chi connectivity index (χ4v) is 2.97. The van der Waals surface area contributed by atoms with Crippen LogP contribution in [0.3, 0.4) is 0 Å². The Labute approximate surface area is 115 Å². The zero-order valence-electron chi connectivity index (χ0n) is 11.0. The number of aromatic nitrogens is 1. The Kier molecular flexibility index (Phi) is 4.44. The van der Waals surface area contributed by atoms with Gasteiger partial charge in [0.25, 0.3) is 5.69 Å². The van der Waals surface area contributed by atoms with Gasteiger partial charge in [0.05, 0.1) is 15.1 Å². The van der Waals surface area contributed by atoms with Crippen LogP contribution in [0, 0.1) is 10.1 Å². The van der Waals surface area contributed by atoms with E-state index >= 15 is 0 Å². The topological polar surface area (TPSA) is 68.1 Å². The number of nitrogens with one attached hydrogen (secondary N) is 1. The lowest BCUT2D eigenvalue weighted by Gasteiger charge is -2.15. The standard InChI is InChI=1S/C13H17N3O2S/c1-3-4-10(14-2)7-9-5-6-11-12(15-8-19-11)13(9)16(17)18/h5-6,8,10,14H,3-4,7H2,1-2H3. The molecular weight excluding hydrogens is 262 g/mol. The molecule has 102 valence electrons. The molecule has 19 heavy (non-hydrogen) atoms. The van der Waals surface area contributed by atoms with E-state index in [0.29, 0.717) is 11.9 Å². The third-order valence-electron chi connectivity index (χ3n) is 3.25. The van der Waals surface area contributed by atoms with Crippen molar-refractivity contribution in [1.82, 2.24) is 10.3 Å². The van der Waals surface area contributed by atoms with Gasteiger partial charge in [-0.25, -0.2) is 4.98 Å². The average Bonchev–Trinajstić information content (AvgIpc) is 2.85. The SMILES string of the molecule is CCCC(Cc1ccc2scnc2c1[N+](=O)[O-])NC. The lowest BCUT2D eigenvalue weighted by Crippen LogP contribution is -2.27. The highest BCUT2D eigenvalue weighted by atomic mass is 32.1. The lowest BCUT2D eigenvalue weighted by atomic mass is 10.0. The van der Waals surface area contributed by atoms with Gasteiger partial charge in [0.1, 0.15) is 0 Å². The monoisotopic (exact) mass is 279 g/mol. The fraction of sp³-hybridized carbons (Fsp3) is 0.462. The Balaban J connectivity index is 2.41. The molecule has 0 spiro atoms. The van der Waals surface area contributed by atoms with Gasteiger partial charge >= 0.3 is 0 Å². The minimum atomic E-state index is -0.309. The van der Waals surface area contributed by atoms with Crippen LogP contribution in [0.15, 0.2) is 17.6 Å². The number of nitro groups is 1. The van der Waals surface area contributed by atoms with E-state index in [9.17, 15) is 10.1 Å². The Morgan fingerprint density at radius 1 is 1.53 bits per heavy atom. The molecule has 0 saturated heterocycles. The molecule has 0 aliphatic rings. The normalized spacial score (nSPS) is 12.7. The van der Waals surface area contributed by atoms with Crippen molar-refractivity contribution < 1.29 is 4.92 Å². The van der Waals surface area contributed by atoms with Gasteiger partial charge in [-0.05, 0) is 26.0 Å². The summed E-state index contributed by atoms with van der Waals surface area (Å²) < 4.78 is 0.868. The molecular formula is C13H17N3O2S. The Hall–Kier alpha value is -1.53. The second kappa shape index (κ2) is 6.08. The molecule has 6 heteroatoms. The summed E-state index contributed by atoms with van der Waals surface area (Å²) in [6.07, 6.45) is 2.72. The molecule has 2 rings (SSSR count). The summed E-state index contributed by atoms with van der Waals surface area (Å²) in [5.41, 5.74) is 3.09. The van der Waals surface area contributed by atoms with E-state index in [0.717, 1.165) is 23.1 Å². The van der Waals surface area contributed by atoms with Gasteiger partial charge in [0.2, 0.25) is 0 Å². The van der Waals surface area contributed by atoms with Crippen molar-refractivity contribution in [1.29, 1.82) is 0 Å². The van der Waals surface area contributed by atoms with Crippen molar-refractivity contribution in [2.24, 2.45) is 0 Å². The molecule has 1 unspecified atom stereocenters. The van der Waals surface area contributed by atoms with E-state index in [1.165, 1.54) is 11.3 Å². The number of nitro benzene ring substituents is 1. The number of nitrogens with zero attached hydrogens (tertiary/aromatic N) is 2. The molecule has 0 amide bonds. The van der Waals surface area contributed by atoms with Gasteiger partial charge in [0, 0.05) is 11.6 Å². The van der Waals surface area contributed by atoms with Crippen LogP contribution in [0.25, 0.3) is 10.2 Å². The quantitative estimate of drug-likeness (QED) is 0.651. The average molecular weight is 279 g/mol. The lowest BCUT2D eigenvalue weighted by molar-refractivity contribution is -0.383. The predicted molar refractivity (Wildman–Crippen MR) is 77.7 cm³/mol. The number of hydrogen-bond donors (Lipinski definition) is 1. The van der Waals surface area contributed by atoms with E-state index in [-0.39, 0.29) is 16.7 Å². The third-order valence-corrected chi connectivity index (χ3v) is 4.05. The van der Waals surface area contributed by atoms with Crippen molar-refractivity contribution >= 4 is 27.2 Å². The maximum atomic E-state index is 11.3. The highest BCUT2D eigenvalue weighted by molar-refractivity contribution is 7.16.